The second kappa shape index (κ2) is 8.16. The number of nitrogen functional groups attached to an aromatic ring is 1. The molecule has 2 amide bonds. The molecule has 0 saturated carbocycles. The third-order valence-electron chi connectivity index (χ3n) is 4.33. The summed E-state index contributed by atoms with van der Waals surface area (Å²) in [4.78, 5) is 53.4. The number of β-lactam (4-membered cyclic amide) rings is 1. The number of nitrogens with zero attached hydrogens (tertiary/aromatic N) is 3. The average Bonchev–Trinajstić information content (AvgIpc) is 3.15. The number of carbonyl (C=O) groups excluding carboxylic acids is 3. The Bertz CT molecular complexity index is 1030. The van der Waals surface area contributed by atoms with E-state index >= 15 is 0 Å². The van der Waals surface area contributed by atoms with Gasteiger partial charge in [-0.05, 0) is 0 Å². The van der Waals surface area contributed by atoms with Gasteiger partial charge in [0, 0.05) is 16.7 Å². The Labute approximate surface area is 177 Å². The van der Waals surface area contributed by atoms with Crippen LogP contribution in [0.5, 0.6) is 0 Å². The lowest BCUT2D eigenvalue weighted by Gasteiger charge is -2.49. The topological polar surface area (TPSA) is 185 Å². The number of nitrogens with one attached hydrogen (secondary N) is 1. The number of rotatable bonds is 6. The molecule has 0 radical (unpaired) electrons. The molecule has 2 aliphatic rings. The molecule has 3 heterocycles. The Kier molecular flexibility index (Phi) is 5.80. The van der Waals surface area contributed by atoms with Gasteiger partial charge >= 0.3 is 11.9 Å². The smallest absolute Gasteiger partial charge is 0.352 e. The van der Waals surface area contributed by atoms with Gasteiger partial charge in [0.05, 0.1) is 12.7 Å². The zero-order valence-electron chi connectivity index (χ0n) is 15.3. The molecule has 3 rings (SSSR count). The number of thiazole rings is 1. The van der Waals surface area contributed by atoms with Gasteiger partial charge in [-0.3, -0.25) is 14.5 Å². The van der Waals surface area contributed by atoms with Crippen molar-refractivity contribution in [2.24, 2.45) is 5.16 Å². The molecule has 2 atom stereocenters. The van der Waals surface area contributed by atoms with Gasteiger partial charge < -0.3 is 26.1 Å². The van der Waals surface area contributed by atoms with Gasteiger partial charge in [0.15, 0.2) is 10.8 Å². The monoisotopic (exact) mass is 453 g/mol. The SMILES string of the molecule is C=C(C(=O)OC)C1=C(C(=O)O)N2C(=O)[C@@H](NC(=O)/C(=N\O)c3csc(N)n3)[C@H]2SC1. The second-order valence-corrected chi connectivity index (χ2v) is 7.98. The normalized spacial score (nSPS) is 20.9. The molecular weight excluding hydrogens is 438 g/mol. The highest BCUT2D eigenvalue weighted by Crippen LogP contribution is 2.42. The number of carboxylic acid groups (broad SMARTS) is 1. The number of hydrogen-bond acceptors (Lipinski definition) is 11. The minimum Gasteiger partial charge on any atom is -0.477 e. The van der Waals surface area contributed by atoms with Crippen LogP contribution >= 0.6 is 23.1 Å². The van der Waals surface area contributed by atoms with Crippen molar-refractivity contribution in [2.75, 3.05) is 18.6 Å². The molecule has 158 valence electrons. The van der Waals surface area contributed by atoms with E-state index in [9.17, 15) is 24.3 Å². The largest absolute Gasteiger partial charge is 0.477 e. The van der Waals surface area contributed by atoms with Gasteiger partial charge in [-0.2, -0.15) is 0 Å². The molecule has 0 unspecified atom stereocenters. The highest BCUT2D eigenvalue weighted by atomic mass is 32.2. The van der Waals surface area contributed by atoms with Crippen molar-refractivity contribution in [2.45, 2.75) is 11.4 Å². The van der Waals surface area contributed by atoms with E-state index in [1.54, 1.807) is 0 Å². The number of methoxy groups -OCH3 is 1. The number of carboxylic acids is 1. The Morgan fingerprint density at radius 3 is 2.70 bits per heavy atom. The van der Waals surface area contributed by atoms with E-state index in [1.807, 2.05) is 0 Å². The van der Waals surface area contributed by atoms with Gasteiger partial charge in [0.2, 0.25) is 0 Å². The fraction of sp³-hybridized carbons (Fsp3) is 0.250. The maximum atomic E-state index is 12.6. The van der Waals surface area contributed by atoms with Crippen LogP contribution in [0.15, 0.2) is 34.0 Å². The van der Waals surface area contributed by atoms with Crippen molar-refractivity contribution in [3.63, 3.8) is 0 Å². The summed E-state index contributed by atoms with van der Waals surface area (Å²) in [5.41, 5.74) is 4.59. The van der Waals surface area contributed by atoms with E-state index in [0.717, 1.165) is 35.1 Å². The number of esters is 1. The lowest BCUT2D eigenvalue weighted by Crippen LogP contribution is -2.71. The molecule has 0 bridgehead atoms. The van der Waals surface area contributed by atoms with E-state index in [1.165, 1.54) is 5.38 Å². The summed E-state index contributed by atoms with van der Waals surface area (Å²) in [6, 6.07) is -1.07. The van der Waals surface area contributed by atoms with Crippen LogP contribution in [0.1, 0.15) is 5.69 Å². The third kappa shape index (κ3) is 3.50. The van der Waals surface area contributed by atoms with Crippen LogP contribution in [0, 0.1) is 0 Å². The molecule has 0 aromatic carbocycles. The number of amides is 2. The van der Waals surface area contributed by atoms with Gasteiger partial charge in [-0.25, -0.2) is 14.6 Å². The first kappa shape index (κ1) is 21.3. The van der Waals surface area contributed by atoms with Crippen LogP contribution in [0.2, 0.25) is 0 Å². The zero-order chi connectivity index (χ0) is 22.2. The van der Waals surface area contributed by atoms with E-state index in [-0.39, 0.29) is 27.7 Å². The van der Waals surface area contributed by atoms with Crippen LogP contribution < -0.4 is 11.1 Å². The number of hydrogen-bond donors (Lipinski definition) is 4. The first-order valence-electron chi connectivity index (χ1n) is 8.14. The number of aliphatic carboxylic acids is 1. The summed E-state index contributed by atoms with van der Waals surface area (Å²) >= 11 is 2.17. The molecule has 1 aromatic rings. The summed E-state index contributed by atoms with van der Waals surface area (Å²) in [7, 11) is 1.13. The Morgan fingerprint density at radius 1 is 1.47 bits per heavy atom. The fourth-order valence-electron chi connectivity index (χ4n) is 2.92. The van der Waals surface area contributed by atoms with Crippen LogP contribution in [0.4, 0.5) is 5.13 Å². The first-order valence-corrected chi connectivity index (χ1v) is 10.1. The van der Waals surface area contributed by atoms with E-state index in [4.69, 9.17) is 10.9 Å². The minimum atomic E-state index is -1.42. The van der Waals surface area contributed by atoms with Gasteiger partial charge in [-0.1, -0.05) is 11.7 Å². The highest BCUT2D eigenvalue weighted by molar-refractivity contribution is 8.00. The van der Waals surface area contributed by atoms with Gasteiger partial charge in [-0.15, -0.1) is 23.1 Å². The standard InChI is InChI=1S/C16H15N5O7S2/c1-5(15(26)28-2)6-3-29-13-9(12(23)21(13)10(6)14(24)25)19-11(22)8(20-27)7-4-30-16(17)18-7/h4,9,13,27H,1,3H2,2H3,(H2,17,18)(H,19,22)(H,24,25)/b20-8-/t9-,13-/m1/s1. The second-order valence-electron chi connectivity index (χ2n) is 5.98. The van der Waals surface area contributed by atoms with Crippen molar-refractivity contribution >= 4 is 57.7 Å². The van der Waals surface area contributed by atoms with Crippen LogP contribution in [0.25, 0.3) is 0 Å². The Hall–Kier alpha value is -3.39. The summed E-state index contributed by atoms with van der Waals surface area (Å²) in [6.07, 6.45) is 0. The maximum absolute atomic E-state index is 12.6. The molecule has 5 N–H and O–H groups in total. The minimum absolute atomic E-state index is 0.0280. The third-order valence-corrected chi connectivity index (χ3v) is 6.29. The Morgan fingerprint density at radius 2 is 2.17 bits per heavy atom. The molecule has 1 saturated heterocycles. The highest BCUT2D eigenvalue weighted by Gasteiger charge is 2.55. The zero-order valence-corrected chi connectivity index (χ0v) is 17.0. The van der Waals surface area contributed by atoms with Crippen molar-refractivity contribution in [1.82, 2.24) is 15.2 Å². The molecule has 12 nitrogen and oxygen atoms in total. The lowest BCUT2D eigenvalue weighted by molar-refractivity contribution is -0.150. The number of anilines is 1. The van der Waals surface area contributed by atoms with Gasteiger partial charge in [0.25, 0.3) is 11.8 Å². The number of ether oxygens (including phenoxy) is 1. The van der Waals surface area contributed by atoms with Crippen LogP contribution in [-0.4, -0.2) is 73.9 Å². The maximum Gasteiger partial charge on any atom is 0.352 e. The predicted molar refractivity (Wildman–Crippen MR) is 106 cm³/mol. The van der Waals surface area contributed by atoms with Crippen LogP contribution in [-0.2, 0) is 23.9 Å². The van der Waals surface area contributed by atoms with Crippen molar-refractivity contribution in [3.8, 4) is 0 Å². The number of carbonyl (C=O) groups is 4. The van der Waals surface area contributed by atoms with Gasteiger partial charge in [0.1, 0.15) is 22.8 Å². The fourth-order valence-corrected chi connectivity index (χ4v) is 4.85. The predicted octanol–water partition coefficient (Wildman–Crippen LogP) is -0.629. The van der Waals surface area contributed by atoms with Crippen LogP contribution in [0.3, 0.4) is 0 Å². The number of fused-ring (bicyclic) bond motifs is 1. The number of aromatic nitrogens is 1. The molecule has 14 heteroatoms. The Balaban J connectivity index is 1.82. The molecular formula is C16H15N5O7S2. The number of nitrogens with two attached hydrogens (primary N) is 1. The summed E-state index contributed by atoms with van der Waals surface area (Å²) in [5.74, 6) is -3.77. The molecule has 0 aliphatic carbocycles. The first-order chi connectivity index (χ1) is 14.2. The van der Waals surface area contributed by atoms with E-state index < -0.39 is 46.6 Å². The van der Waals surface area contributed by atoms with Crippen molar-refractivity contribution < 1.29 is 34.2 Å². The number of oxime groups is 1. The molecule has 1 aromatic heterocycles. The molecule has 30 heavy (non-hydrogen) atoms. The summed E-state index contributed by atoms with van der Waals surface area (Å²) < 4.78 is 4.57. The molecule has 2 aliphatic heterocycles. The summed E-state index contributed by atoms with van der Waals surface area (Å²) in [5, 5.41) is 24.9. The lowest BCUT2D eigenvalue weighted by atomic mass is 9.99. The average molecular weight is 453 g/mol. The van der Waals surface area contributed by atoms with E-state index in [0.29, 0.717) is 0 Å². The van der Waals surface area contributed by atoms with E-state index in [2.05, 4.69) is 26.8 Å². The molecule has 0 spiro atoms. The quantitative estimate of drug-likeness (QED) is 0.108. The van der Waals surface area contributed by atoms with Crippen molar-refractivity contribution in [1.29, 1.82) is 0 Å². The molecule has 1 fully saturated rings. The number of thioether (sulfide) groups is 1. The van der Waals surface area contributed by atoms with Crippen molar-refractivity contribution in [3.05, 3.63) is 34.5 Å². The summed E-state index contributed by atoms with van der Waals surface area (Å²) in [6.45, 7) is 3.55.